The zero-order valence-electron chi connectivity index (χ0n) is 10.5. The van der Waals surface area contributed by atoms with Gasteiger partial charge in [-0.1, -0.05) is 5.16 Å². The summed E-state index contributed by atoms with van der Waals surface area (Å²) in [5.74, 6) is -1.80. The van der Waals surface area contributed by atoms with Gasteiger partial charge in [0.2, 0.25) is 12.0 Å². The third kappa shape index (κ3) is 2.51. The molecule has 2 heterocycles. The van der Waals surface area contributed by atoms with Crippen molar-refractivity contribution in [2.24, 2.45) is 5.16 Å². The van der Waals surface area contributed by atoms with Crippen LogP contribution in [0.4, 0.5) is 0 Å². The molecule has 2 aliphatic heterocycles. The number of hydrogen-bond acceptors (Lipinski definition) is 5. The highest BCUT2D eigenvalue weighted by molar-refractivity contribution is 6.36. The van der Waals surface area contributed by atoms with Gasteiger partial charge >= 0.3 is 5.97 Å². The van der Waals surface area contributed by atoms with Crippen LogP contribution in [0.5, 0.6) is 0 Å². The molecule has 0 saturated carbocycles. The Kier molecular flexibility index (Phi) is 3.68. The molecule has 1 saturated heterocycles. The quantitative estimate of drug-likeness (QED) is 0.679. The van der Waals surface area contributed by atoms with Crippen molar-refractivity contribution in [3.8, 4) is 0 Å². The van der Waals surface area contributed by atoms with E-state index in [4.69, 9.17) is 9.94 Å². The molecular weight excluding hydrogens is 254 g/mol. The molecule has 2 N–H and O–H groups in total. The molecule has 2 unspecified atom stereocenters. The molecule has 8 nitrogen and oxygen atoms in total. The van der Waals surface area contributed by atoms with E-state index in [0.717, 1.165) is 6.42 Å². The first-order chi connectivity index (χ1) is 9.04. The second-order valence-electron chi connectivity index (χ2n) is 4.45. The lowest BCUT2D eigenvalue weighted by Gasteiger charge is -2.25. The number of carbonyl (C=O) groups is 3. The van der Waals surface area contributed by atoms with Crippen LogP contribution in [-0.4, -0.2) is 59.2 Å². The first-order valence-corrected chi connectivity index (χ1v) is 6.02. The number of carboxylic acids is 1. The molecule has 0 bridgehead atoms. The van der Waals surface area contributed by atoms with Gasteiger partial charge in [-0.25, -0.2) is 4.79 Å². The number of oxime groups is 1. The summed E-state index contributed by atoms with van der Waals surface area (Å²) in [6, 6.07) is -0.505. The lowest BCUT2D eigenvalue weighted by molar-refractivity contribution is -0.146. The van der Waals surface area contributed by atoms with Gasteiger partial charge in [-0.15, -0.1) is 0 Å². The van der Waals surface area contributed by atoms with Crippen LogP contribution in [0, 0.1) is 0 Å². The minimum absolute atomic E-state index is 0.0644. The van der Waals surface area contributed by atoms with Crippen molar-refractivity contribution >= 4 is 23.5 Å². The Bertz CT molecular complexity index is 448. The predicted octanol–water partition coefficient (Wildman–Crippen LogP) is -1.05. The van der Waals surface area contributed by atoms with Gasteiger partial charge in [0.25, 0.3) is 5.91 Å². The fourth-order valence-corrected chi connectivity index (χ4v) is 2.29. The normalized spacial score (nSPS) is 25.7. The molecule has 104 valence electrons. The van der Waals surface area contributed by atoms with E-state index in [2.05, 4.69) is 10.5 Å². The van der Waals surface area contributed by atoms with Gasteiger partial charge in [0, 0.05) is 20.0 Å². The lowest BCUT2D eigenvalue weighted by atomic mass is 10.1. The van der Waals surface area contributed by atoms with Crippen LogP contribution in [0.1, 0.15) is 19.3 Å². The number of nitrogens with one attached hydrogen (secondary N) is 1. The third-order valence-electron chi connectivity index (χ3n) is 3.28. The van der Waals surface area contributed by atoms with Crippen LogP contribution in [0.3, 0.4) is 0 Å². The first-order valence-electron chi connectivity index (χ1n) is 6.02. The summed E-state index contributed by atoms with van der Waals surface area (Å²) in [6.07, 6.45) is 0.343. The molecule has 1 fully saturated rings. The van der Waals surface area contributed by atoms with E-state index in [1.165, 1.54) is 11.9 Å². The summed E-state index contributed by atoms with van der Waals surface area (Å²) in [7, 11) is 1.51. The molecule has 2 atom stereocenters. The van der Waals surface area contributed by atoms with Gasteiger partial charge in [0.1, 0.15) is 6.04 Å². The van der Waals surface area contributed by atoms with Crippen molar-refractivity contribution in [3.05, 3.63) is 0 Å². The van der Waals surface area contributed by atoms with Gasteiger partial charge < -0.3 is 20.2 Å². The molecule has 0 spiro atoms. The summed E-state index contributed by atoms with van der Waals surface area (Å²) < 4.78 is 0. The Balaban J connectivity index is 2.01. The summed E-state index contributed by atoms with van der Waals surface area (Å²) in [5, 5.41) is 14.6. The number of nitrogens with zero attached hydrogens (tertiary/aromatic N) is 2. The van der Waals surface area contributed by atoms with Crippen molar-refractivity contribution in [1.29, 1.82) is 0 Å². The number of carboxylic acid groups (broad SMARTS) is 1. The topological polar surface area (TPSA) is 108 Å². The summed E-state index contributed by atoms with van der Waals surface area (Å²) in [6.45, 7) is 0.471. The zero-order valence-corrected chi connectivity index (χ0v) is 10.5. The lowest BCUT2D eigenvalue weighted by Crippen LogP contribution is -2.48. The molecule has 8 heteroatoms. The van der Waals surface area contributed by atoms with Gasteiger partial charge in [-0.05, 0) is 12.8 Å². The average Bonchev–Trinajstić information content (AvgIpc) is 3.05. The van der Waals surface area contributed by atoms with E-state index in [9.17, 15) is 14.4 Å². The van der Waals surface area contributed by atoms with Crippen molar-refractivity contribution in [2.75, 3.05) is 13.6 Å². The maximum absolute atomic E-state index is 12.2. The Labute approximate surface area is 109 Å². The molecule has 2 rings (SSSR count). The second-order valence-corrected chi connectivity index (χ2v) is 4.45. The minimum Gasteiger partial charge on any atom is -0.477 e. The van der Waals surface area contributed by atoms with E-state index in [0.29, 0.717) is 13.0 Å². The Morgan fingerprint density at radius 3 is 2.79 bits per heavy atom. The molecule has 2 amide bonds. The van der Waals surface area contributed by atoms with Crippen LogP contribution in [-0.2, 0) is 19.2 Å². The molecule has 2 aliphatic rings. The van der Waals surface area contributed by atoms with E-state index in [1.54, 1.807) is 0 Å². The molecule has 0 aromatic carbocycles. The van der Waals surface area contributed by atoms with E-state index >= 15 is 0 Å². The van der Waals surface area contributed by atoms with Crippen LogP contribution < -0.4 is 5.32 Å². The van der Waals surface area contributed by atoms with Gasteiger partial charge in [0.15, 0.2) is 5.71 Å². The minimum atomic E-state index is -1.19. The number of aliphatic carboxylic acids is 1. The molecule has 0 radical (unpaired) electrons. The second kappa shape index (κ2) is 5.25. The summed E-state index contributed by atoms with van der Waals surface area (Å²) in [4.78, 5) is 40.8. The largest absolute Gasteiger partial charge is 0.477 e. The smallest absolute Gasteiger partial charge is 0.353 e. The predicted molar refractivity (Wildman–Crippen MR) is 63.4 cm³/mol. The van der Waals surface area contributed by atoms with Gasteiger partial charge in [-0.2, -0.15) is 0 Å². The van der Waals surface area contributed by atoms with Crippen molar-refractivity contribution < 1.29 is 24.3 Å². The van der Waals surface area contributed by atoms with Crippen molar-refractivity contribution in [1.82, 2.24) is 10.2 Å². The number of likely N-dealkylation sites (N-methyl/N-ethyl adjacent to an activating group) is 1. The summed E-state index contributed by atoms with van der Waals surface area (Å²) >= 11 is 0. The van der Waals surface area contributed by atoms with E-state index < -0.39 is 18.1 Å². The molecule has 19 heavy (non-hydrogen) atoms. The van der Waals surface area contributed by atoms with Crippen LogP contribution >= 0.6 is 0 Å². The third-order valence-corrected chi connectivity index (χ3v) is 3.28. The first kappa shape index (κ1) is 13.3. The highest BCUT2D eigenvalue weighted by Crippen LogP contribution is 2.22. The van der Waals surface area contributed by atoms with Crippen LogP contribution in [0.25, 0.3) is 0 Å². The molecule has 0 aromatic rings. The van der Waals surface area contributed by atoms with Crippen LogP contribution in [0.2, 0.25) is 0 Å². The van der Waals surface area contributed by atoms with E-state index in [-0.39, 0.29) is 23.9 Å². The Morgan fingerprint density at radius 1 is 1.47 bits per heavy atom. The van der Waals surface area contributed by atoms with E-state index in [1.807, 2.05) is 0 Å². The SMILES string of the molecule is CNC(=O)C1CCCN1C(=O)C1CC(C(=O)O)=NO1. The molecule has 0 aromatic heterocycles. The summed E-state index contributed by atoms with van der Waals surface area (Å²) in [5.41, 5.74) is -0.172. The van der Waals surface area contributed by atoms with Gasteiger partial charge in [0.05, 0.1) is 0 Å². The Morgan fingerprint density at radius 2 is 2.21 bits per heavy atom. The number of amides is 2. The van der Waals surface area contributed by atoms with Crippen LogP contribution in [0.15, 0.2) is 5.16 Å². The number of carbonyl (C=O) groups excluding carboxylic acids is 2. The highest BCUT2D eigenvalue weighted by atomic mass is 16.6. The van der Waals surface area contributed by atoms with Crippen molar-refractivity contribution in [3.63, 3.8) is 0 Å². The zero-order chi connectivity index (χ0) is 14.0. The number of rotatable bonds is 3. The van der Waals surface area contributed by atoms with Gasteiger partial charge in [-0.3, -0.25) is 9.59 Å². The average molecular weight is 269 g/mol. The molecule has 0 aliphatic carbocycles. The monoisotopic (exact) mass is 269 g/mol. The fraction of sp³-hybridized carbons (Fsp3) is 0.636. The highest BCUT2D eigenvalue weighted by Gasteiger charge is 2.40. The maximum Gasteiger partial charge on any atom is 0.353 e. The van der Waals surface area contributed by atoms with Crippen molar-refractivity contribution in [2.45, 2.75) is 31.4 Å². The molecular formula is C11H15N3O5. The maximum atomic E-state index is 12.2. The Hall–Kier alpha value is -2.12. The standard InChI is InChI=1S/C11H15N3O5/c1-12-9(15)7-3-2-4-14(7)10(16)8-5-6(11(17)18)13-19-8/h7-8H,2-5H2,1H3,(H,12,15)(H,17,18). The fourth-order valence-electron chi connectivity index (χ4n) is 2.29. The number of hydrogen-bond donors (Lipinski definition) is 2. The number of likely N-dealkylation sites (tertiary alicyclic amines) is 1.